The summed E-state index contributed by atoms with van der Waals surface area (Å²) in [6.45, 7) is 0.416. The van der Waals surface area contributed by atoms with Crippen molar-refractivity contribution in [3.63, 3.8) is 0 Å². The zero-order valence-electron chi connectivity index (χ0n) is 8.46. The molecule has 1 aliphatic rings. The molecule has 1 aromatic carbocycles. The highest BCUT2D eigenvalue weighted by molar-refractivity contribution is 6.64. The zero-order valence-corrected chi connectivity index (χ0v) is 8.46. The second kappa shape index (κ2) is 4.14. The molecule has 16 heavy (non-hydrogen) atoms. The van der Waals surface area contributed by atoms with Gasteiger partial charge in [-0.05, 0) is 12.1 Å². The number of hydrogen-bond donors (Lipinski definition) is 1. The first kappa shape index (κ1) is 10.4. The van der Waals surface area contributed by atoms with E-state index in [-0.39, 0.29) is 6.42 Å². The number of para-hydroxylation sites is 1. The summed E-state index contributed by atoms with van der Waals surface area (Å²) >= 11 is 0. The molecule has 0 atom stereocenters. The normalized spacial score (nSPS) is 15.9. The van der Waals surface area contributed by atoms with Gasteiger partial charge < -0.3 is 5.11 Å². The van der Waals surface area contributed by atoms with Gasteiger partial charge in [0.25, 0.3) is 0 Å². The molecule has 0 fully saturated rings. The van der Waals surface area contributed by atoms with Gasteiger partial charge in [0.05, 0.1) is 5.69 Å². The van der Waals surface area contributed by atoms with Crippen LogP contribution in [0.25, 0.3) is 0 Å². The summed E-state index contributed by atoms with van der Waals surface area (Å²) in [6, 6.07) is 9.17. The molecule has 0 spiro atoms. The number of Topliss-reactive ketones (excluding diaryl/α,β-unsaturated/α-hetero) is 1. The Morgan fingerprint density at radius 1 is 1.31 bits per heavy atom. The molecule has 5 heteroatoms. The Kier molecular flexibility index (Phi) is 2.68. The van der Waals surface area contributed by atoms with Crippen LogP contribution < -0.4 is 5.01 Å². The SMILES string of the molecule is O=C(O)C1=NN(c2ccccc2)CCC1=O. The Hall–Kier alpha value is -2.17. The third-order valence-electron chi connectivity index (χ3n) is 2.29. The van der Waals surface area contributed by atoms with Crippen LogP contribution in [0.2, 0.25) is 0 Å². The van der Waals surface area contributed by atoms with Gasteiger partial charge in [0.15, 0.2) is 5.78 Å². The van der Waals surface area contributed by atoms with E-state index in [0.29, 0.717) is 6.54 Å². The van der Waals surface area contributed by atoms with Crippen molar-refractivity contribution < 1.29 is 14.7 Å². The number of nitrogens with zero attached hydrogens (tertiary/aromatic N) is 2. The van der Waals surface area contributed by atoms with Crippen LogP contribution in [0.3, 0.4) is 0 Å². The minimum Gasteiger partial charge on any atom is -0.476 e. The third kappa shape index (κ3) is 1.93. The van der Waals surface area contributed by atoms with E-state index < -0.39 is 17.5 Å². The van der Waals surface area contributed by atoms with Crippen molar-refractivity contribution in [1.29, 1.82) is 0 Å². The molecular weight excluding hydrogens is 208 g/mol. The van der Waals surface area contributed by atoms with Gasteiger partial charge in [0.2, 0.25) is 5.71 Å². The van der Waals surface area contributed by atoms with Crippen LogP contribution in [0.15, 0.2) is 35.4 Å². The summed E-state index contributed by atoms with van der Waals surface area (Å²) in [5, 5.41) is 14.2. The number of carboxylic acids is 1. The standard InChI is InChI=1S/C11H10N2O3/c14-9-6-7-13(12-10(9)11(15)16)8-4-2-1-3-5-8/h1-5H,6-7H2,(H,15,16). The summed E-state index contributed by atoms with van der Waals surface area (Å²) in [5.41, 5.74) is 0.392. The number of ketones is 1. The summed E-state index contributed by atoms with van der Waals surface area (Å²) in [7, 11) is 0. The largest absolute Gasteiger partial charge is 0.476 e. The average molecular weight is 218 g/mol. The van der Waals surface area contributed by atoms with E-state index in [1.165, 1.54) is 5.01 Å². The predicted octanol–water partition coefficient (Wildman–Crippen LogP) is 0.906. The molecule has 2 rings (SSSR count). The van der Waals surface area contributed by atoms with Gasteiger partial charge in [0.1, 0.15) is 0 Å². The van der Waals surface area contributed by atoms with E-state index >= 15 is 0 Å². The van der Waals surface area contributed by atoms with Crippen LogP contribution in [0, 0.1) is 0 Å². The fourth-order valence-electron chi connectivity index (χ4n) is 1.50. The topological polar surface area (TPSA) is 70.0 Å². The molecule has 0 radical (unpaired) electrons. The summed E-state index contributed by atoms with van der Waals surface area (Å²) in [6.07, 6.45) is 0.181. The lowest BCUT2D eigenvalue weighted by atomic mass is 10.1. The first-order valence-corrected chi connectivity index (χ1v) is 4.86. The fourth-order valence-corrected chi connectivity index (χ4v) is 1.50. The van der Waals surface area contributed by atoms with Gasteiger partial charge in [-0.25, -0.2) is 4.79 Å². The van der Waals surface area contributed by atoms with Crippen LogP contribution in [0.1, 0.15) is 6.42 Å². The van der Waals surface area contributed by atoms with Crippen molar-refractivity contribution in [2.45, 2.75) is 6.42 Å². The molecular formula is C11H10N2O3. The molecule has 0 aliphatic carbocycles. The van der Waals surface area contributed by atoms with Crippen LogP contribution in [-0.4, -0.2) is 29.1 Å². The molecule has 1 heterocycles. The Morgan fingerprint density at radius 3 is 2.62 bits per heavy atom. The number of carboxylic acid groups (broad SMARTS) is 1. The first-order chi connectivity index (χ1) is 7.68. The lowest BCUT2D eigenvalue weighted by Gasteiger charge is -2.22. The fraction of sp³-hybridized carbons (Fsp3) is 0.182. The average Bonchev–Trinajstić information content (AvgIpc) is 2.30. The second-order valence-corrected chi connectivity index (χ2v) is 3.39. The zero-order chi connectivity index (χ0) is 11.5. The van der Waals surface area contributed by atoms with Crippen molar-refractivity contribution in [3.05, 3.63) is 30.3 Å². The van der Waals surface area contributed by atoms with Gasteiger partial charge in [0, 0.05) is 13.0 Å². The number of carbonyl (C=O) groups excluding carboxylic acids is 1. The maximum Gasteiger partial charge on any atom is 0.360 e. The molecule has 0 aromatic heterocycles. The minimum absolute atomic E-state index is 0.181. The highest BCUT2D eigenvalue weighted by Crippen LogP contribution is 2.17. The summed E-state index contributed by atoms with van der Waals surface area (Å²) in [5.74, 6) is -1.69. The van der Waals surface area contributed by atoms with Crippen molar-refractivity contribution >= 4 is 23.2 Å². The number of hydrogen-bond acceptors (Lipinski definition) is 4. The number of rotatable bonds is 2. The molecule has 0 saturated heterocycles. The molecule has 82 valence electrons. The van der Waals surface area contributed by atoms with Crippen molar-refractivity contribution in [2.75, 3.05) is 11.6 Å². The lowest BCUT2D eigenvalue weighted by molar-refractivity contribution is -0.130. The first-order valence-electron chi connectivity index (χ1n) is 4.86. The van der Waals surface area contributed by atoms with Crippen LogP contribution in [-0.2, 0) is 9.59 Å². The summed E-state index contributed by atoms with van der Waals surface area (Å²) in [4.78, 5) is 22.0. The predicted molar refractivity (Wildman–Crippen MR) is 58.5 cm³/mol. The number of carbonyl (C=O) groups is 2. The number of anilines is 1. The molecule has 0 bridgehead atoms. The number of benzene rings is 1. The molecule has 1 aliphatic heterocycles. The quantitative estimate of drug-likeness (QED) is 0.800. The van der Waals surface area contributed by atoms with E-state index in [1.54, 1.807) is 0 Å². The maximum atomic E-state index is 11.3. The third-order valence-corrected chi connectivity index (χ3v) is 2.29. The number of aliphatic carboxylic acids is 1. The molecule has 1 aromatic rings. The van der Waals surface area contributed by atoms with E-state index in [0.717, 1.165) is 5.69 Å². The van der Waals surface area contributed by atoms with Gasteiger partial charge in [-0.3, -0.25) is 9.80 Å². The Morgan fingerprint density at radius 2 is 2.00 bits per heavy atom. The van der Waals surface area contributed by atoms with Gasteiger partial charge in [-0.15, -0.1) is 0 Å². The van der Waals surface area contributed by atoms with Crippen LogP contribution >= 0.6 is 0 Å². The van der Waals surface area contributed by atoms with E-state index in [4.69, 9.17) is 5.11 Å². The Bertz CT molecular complexity index is 454. The van der Waals surface area contributed by atoms with E-state index in [9.17, 15) is 9.59 Å². The highest BCUT2D eigenvalue weighted by atomic mass is 16.4. The van der Waals surface area contributed by atoms with Crippen molar-refractivity contribution in [3.8, 4) is 0 Å². The molecule has 0 saturated carbocycles. The van der Waals surface area contributed by atoms with E-state index in [1.807, 2.05) is 30.3 Å². The van der Waals surface area contributed by atoms with Crippen LogP contribution in [0.5, 0.6) is 0 Å². The summed E-state index contributed by atoms with van der Waals surface area (Å²) < 4.78 is 0. The number of hydrazone groups is 1. The van der Waals surface area contributed by atoms with Crippen molar-refractivity contribution in [1.82, 2.24) is 0 Å². The smallest absolute Gasteiger partial charge is 0.360 e. The molecule has 1 N–H and O–H groups in total. The molecule has 0 amide bonds. The molecule has 0 unspecified atom stereocenters. The van der Waals surface area contributed by atoms with E-state index in [2.05, 4.69) is 5.10 Å². The van der Waals surface area contributed by atoms with Crippen molar-refractivity contribution in [2.24, 2.45) is 5.10 Å². The minimum atomic E-state index is -1.27. The Labute approximate surface area is 92.0 Å². The second-order valence-electron chi connectivity index (χ2n) is 3.39. The maximum absolute atomic E-state index is 11.3. The molecule has 5 nitrogen and oxygen atoms in total. The van der Waals surface area contributed by atoms with Gasteiger partial charge in [-0.1, -0.05) is 18.2 Å². The van der Waals surface area contributed by atoms with Crippen LogP contribution in [0.4, 0.5) is 5.69 Å². The van der Waals surface area contributed by atoms with Gasteiger partial charge >= 0.3 is 5.97 Å². The lowest BCUT2D eigenvalue weighted by Crippen LogP contribution is -2.36. The highest BCUT2D eigenvalue weighted by Gasteiger charge is 2.26. The monoisotopic (exact) mass is 218 g/mol. The van der Waals surface area contributed by atoms with Gasteiger partial charge in [-0.2, -0.15) is 5.10 Å². The Balaban J connectivity index is 2.32.